The minimum absolute atomic E-state index is 0.152. The number of likely N-dealkylation sites (N-methyl/N-ethyl adjacent to an activating group) is 1. The molecule has 1 aromatic heterocycles. The third kappa shape index (κ3) is 2.58. The molecule has 0 saturated carbocycles. The summed E-state index contributed by atoms with van der Waals surface area (Å²) in [6.07, 6.45) is 6.25. The van der Waals surface area contributed by atoms with Crippen molar-refractivity contribution in [2.45, 2.75) is 38.3 Å². The molecule has 1 amide bonds. The Balaban J connectivity index is 1.74. The van der Waals surface area contributed by atoms with Crippen LogP contribution in [0.4, 0.5) is 0 Å². The lowest BCUT2D eigenvalue weighted by Gasteiger charge is -2.28. The number of rotatable bonds is 4. The van der Waals surface area contributed by atoms with Crippen molar-refractivity contribution in [2.75, 3.05) is 7.05 Å². The number of carbonyl (C=O) groups is 1. The Morgan fingerprint density at radius 2 is 2.00 bits per heavy atom. The summed E-state index contributed by atoms with van der Waals surface area (Å²) in [6, 6.07) is 10.4. The summed E-state index contributed by atoms with van der Waals surface area (Å²) in [5.74, 6) is 0.152. The maximum absolute atomic E-state index is 12.8. The van der Waals surface area contributed by atoms with Gasteiger partial charge >= 0.3 is 0 Å². The number of fused-ring (bicyclic) bond motifs is 1. The summed E-state index contributed by atoms with van der Waals surface area (Å²) in [6.45, 7) is 2.03. The Kier molecular flexibility index (Phi) is 3.78. The van der Waals surface area contributed by atoms with Crippen LogP contribution in [0.15, 0.2) is 42.7 Å². The molecule has 0 spiro atoms. The van der Waals surface area contributed by atoms with Crippen molar-refractivity contribution in [1.29, 1.82) is 0 Å². The molecule has 0 fully saturated rings. The van der Waals surface area contributed by atoms with Crippen LogP contribution in [0, 0.1) is 0 Å². The monoisotopic (exact) mass is 283 g/mol. The fourth-order valence-electron chi connectivity index (χ4n) is 3.16. The molecular formula is C17H21N3O. The summed E-state index contributed by atoms with van der Waals surface area (Å²) in [4.78, 5) is 14.7. The van der Waals surface area contributed by atoms with Gasteiger partial charge in [-0.05, 0) is 36.5 Å². The van der Waals surface area contributed by atoms with Gasteiger partial charge in [-0.25, -0.2) is 0 Å². The van der Waals surface area contributed by atoms with Crippen molar-refractivity contribution in [1.82, 2.24) is 14.7 Å². The first-order chi connectivity index (χ1) is 10.2. The van der Waals surface area contributed by atoms with Gasteiger partial charge in [0.25, 0.3) is 0 Å². The highest BCUT2D eigenvalue weighted by molar-refractivity contribution is 5.80. The molecule has 4 heteroatoms. The molecule has 3 rings (SSSR count). The van der Waals surface area contributed by atoms with Crippen molar-refractivity contribution in [2.24, 2.45) is 0 Å². The van der Waals surface area contributed by atoms with Gasteiger partial charge in [-0.1, -0.05) is 31.2 Å². The average molecular weight is 283 g/mol. The molecule has 0 aliphatic heterocycles. The standard InChI is InChI=1S/C17H21N3O/c1-3-16(20-10-6-9-18-20)17(21)19(2)15-11-13-7-4-5-8-14(13)12-15/h4-10,15-16H,3,11-12H2,1-2H3. The van der Waals surface area contributed by atoms with E-state index in [1.54, 1.807) is 10.9 Å². The van der Waals surface area contributed by atoms with Crippen molar-refractivity contribution >= 4 is 5.91 Å². The molecule has 110 valence electrons. The van der Waals surface area contributed by atoms with E-state index in [0.29, 0.717) is 0 Å². The van der Waals surface area contributed by atoms with Gasteiger partial charge in [-0.2, -0.15) is 5.10 Å². The predicted molar refractivity (Wildman–Crippen MR) is 82.0 cm³/mol. The lowest BCUT2D eigenvalue weighted by Crippen LogP contribution is -2.42. The van der Waals surface area contributed by atoms with Crippen molar-refractivity contribution in [3.8, 4) is 0 Å². The van der Waals surface area contributed by atoms with E-state index < -0.39 is 0 Å². The highest BCUT2D eigenvalue weighted by atomic mass is 16.2. The molecule has 4 nitrogen and oxygen atoms in total. The summed E-state index contributed by atoms with van der Waals surface area (Å²) in [5, 5.41) is 4.23. The van der Waals surface area contributed by atoms with Crippen LogP contribution in [0.25, 0.3) is 0 Å². The number of hydrogen-bond acceptors (Lipinski definition) is 2. The van der Waals surface area contributed by atoms with E-state index >= 15 is 0 Å². The van der Waals surface area contributed by atoms with E-state index in [9.17, 15) is 4.79 Å². The molecule has 1 aliphatic rings. The highest BCUT2D eigenvalue weighted by Gasteiger charge is 2.31. The molecule has 1 aromatic carbocycles. The van der Waals surface area contributed by atoms with Gasteiger partial charge in [0.15, 0.2) is 0 Å². The largest absolute Gasteiger partial charge is 0.340 e. The first-order valence-electron chi connectivity index (χ1n) is 7.53. The second-order valence-electron chi connectivity index (χ2n) is 5.69. The average Bonchev–Trinajstić information content (AvgIpc) is 3.16. The zero-order chi connectivity index (χ0) is 14.8. The summed E-state index contributed by atoms with van der Waals surface area (Å²) >= 11 is 0. The van der Waals surface area contributed by atoms with Gasteiger partial charge in [0.2, 0.25) is 5.91 Å². The molecule has 0 N–H and O–H groups in total. The van der Waals surface area contributed by atoms with Crippen LogP contribution in [-0.2, 0) is 17.6 Å². The molecule has 21 heavy (non-hydrogen) atoms. The molecule has 1 unspecified atom stereocenters. The Hall–Kier alpha value is -2.10. The molecule has 1 heterocycles. The van der Waals surface area contributed by atoms with Crippen molar-refractivity contribution in [3.63, 3.8) is 0 Å². The van der Waals surface area contributed by atoms with E-state index in [1.165, 1.54) is 11.1 Å². The maximum atomic E-state index is 12.8. The SMILES string of the molecule is CCC(C(=O)N(C)C1Cc2ccccc2C1)n1cccn1. The number of amides is 1. The van der Waals surface area contributed by atoms with E-state index in [4.69, 9.17) is 0 Å². The number of aromatic nitrogens is 2. The topological polar surface area (TPSA) is 38.1 Å². The lowest BCUT2D eigenvalue weighted by atomic mass is 10.1. The molecule has 0 saturated heterocycles. The minimum Gasteiger partial charge on any atom is -0.340 e. The second-order valence-corrected chi connectivity index (χ2v) is 5.69. The Bertz CT molecular complexity index is 596. The fraction of sp³-hybridized carbons (Fsp3) is 0.412. The van der Waals surface area contributed by atoms with Gasteiger partial charge < -0.3 is 4.90 Å². The van der Waals surface area contributed by atoms with Crippen molar-refractivity contribution < 1.29 is 4.79 Å². The van der Waals surface area contributed by atoms with Crippen molar-refractivity contribution in [3.05, 3.63) is 53.9 Å². The Morgan fingerprint density at radius 1 is 1.33 bits per heavy atom. The van der Waals surface area contributed by atoms with Crippen LogP contribution in [0.2, 0.25) is 0 Å². The molecular weight excluding hydrogens is 262 g/mol. The zero-order valence-corrected chi connectivity index (χ0v) is 12.6. The normalized spacial score (nSPS) is 15.7. The van der Waals surface area contributed by atoms with Crippen LogP contribution >= 0.6 is 0 Å². The minimum atomic E-state index is -0.200. The van der Waals surface area contributed by atoms with Gasteiger partial charge in [0.1, 0.15) is 6.04 Å². The lowest BCUT2D eigenvalue weighted by molar-refractivity contribution is -0.135. The second kappa shape index (κ2) is 5.72. The molecule has 2 aromatic rings. The number of benzene rings is 1. The van der Waals surface area contributed by atoms with Crippen LogP contribution in [-0.4, -0.2) is 33.7 Å². The van der Waals surface area contributed by atoms with E-state index in [2.05, 4.69) is 29.4 Å². The Morgan fingerprint density at radius 3 is 2.52 bits per heavy atom. The highest BCUT2D eigenvalue weighted by Crippen LogP contribution is 2.26. The predicted octanol–water partition coefficient (Wildman–Crippen LogP) is 2.46. The Labute approximate surface area is 125 Å². The molecule has 1 aliphatic carbocycles. The first kappa shape index (κ1) is 13.9. The van der Waals surface area contributed by atoms with E-state index in [0.717, 1.165) is 19.3 Å². The smallest absolute Gasteiger partial charge is 0.247 e. The number of hydrogen-bond donors (Lipinski definition) is 0. The third-order valence-electron chi connectivity index (χ3n) is 4.44. The summed E-state index contributed by atoms with van der Waals surface area (Å²) < 4.78 is 1.76. The third-order valence-corrected chi connectivity index (χ3v) is 4.44. The van der Waals surface area contributed by atoms with Crippen LogP contribution in [0.1, 0.15) is 30.5 Å². The van der Waals surface area contributed by atoms with E-state index in [-0.39, 0.29) is 18.0 Å². The first-order valence-corrected chi connectivity index (χ1v) is 7.53. The molecule has 0 radical (unpaired) electrons. The maximum Gasteiger partial charge on any atom is 0.247 e. The van der Waals surface area contributed by atoms with Gasteiger partial charge in [-0.3, -0.25) is 9.48 Å². The summed E-state index contributed by atoms with van der Waals surface area (Å²) in [7, 11) is 1.92. The van der Waals surface area contributed by atoms with Gasteiger partial charge in [0.05, 0.1) is 0 Å². The van der Waals surface area contributed by atoms with Gasteiger partial charge in [-0.15, -0.1) is 0 Å². The molecule has 1 atom stereocenters. The van der Waals surface area contributed by atoms with Crippen LogP contribution in [0.3, 0.4) is 0 Å². The summed E-state index contributed by atoms with van der Waals surface area (Å²) in [5.41, 5.74) is 2.74. The number of nitrogens with zero attached hydrogens (tertiary/aromatic N) is 3. The van der Waals surface area contributed by atoms with Crippen LogP contribution in [0.5, 0.6) is 0 Å². The number of carbonyl (C=O) groups excluding carboxylic acids is 1. The van der Waals surface area contributed by atoms with Gasteiger partial charge in [0, 0.05) is 25.5 Å². The van der Waals surface area contributed by atoms with E-state index in [1.807, 2.05) is 31.1 Å². The zero-order valence-electron chi connectivity index (χ0n) is 12.6. The molecule has 0 bridgehead atoms. The fourth-order valence-corrected chi connectivity index (χ4v) is 3.16. The quantitative estimate of drug-likeness (QED) is 0.864. The van der Waals surface area contributed by atoms with Crippen LogP contribution < -0.4 is 0 Å².